The third-order valence-electron chi connectivity index (χ3n) is 4.90. The van der Waals surface area contributed by atoms with Crippen molar-refractivity contribution in [2.24, 2.45) is 0 Å². The summed E-state index contributed by atoms with van der Waals surface area (Å²) in [7, 11) is -3.59. The Morgan fingerprint density at radius 3 is 2.26 bits per heavy atom. The number of nitrogens with zero attached hydrogens (tertiary/aromatic N) is 2. The predicted octanol–water partition coefficient (Wildman–Crippen LogP) is 2.10. The Balaban J connectivity index is 1.41. The van der Waals surface area contributed by atoms with Crippen molar-refractivity contribution in [3.8, 4) is 0 Å². The lowest BCUT2D eigenvalue weighted by Gasteiger charge is -2.33. The van der Waals surface area contributed by atoms with Crippen molar-refractivity contribution in [1.29, 1.82) is 0 Å². The molecule has 166 valence electrons. The molecule has 0 radical (unpaired) electrons. The zero-order valence-electron chi connectivity index (χ0n) is 17.2. The van der Waals surface area contributed by atoms with Gasteiger partial charge in [-0.05, 0) is 31.2 Å². The van der Waals surface area contributed by atoms with Crippen LogP contribution in [0.3, 0.4) is 0 Å². The minimum absolute atomic E-state index is 0.0308. The third kappa shape index (κ3) is 5.99. The average molecular weight is 465 g/mol. The smallest absolute Gasteiger partial charge is 0.306 e. The minimum atomic E-state index is -3.59. The van der Waals surface area contributed by atoms with Gasteiger partial charge in [0.1, 0.15) is 0 Å². The second-order valence-electron chi connectivity index (χ2n) is 7.09. The first-order chi connectivity index (χ1) is 14.8. The number of carbonyl (C=O) groups excluding carboxylic acids is 3. The Morgan fingerprint density at radius 2 is 1.65 bits per heavy atom. The number of sulfonamides is 1. The molecular weight excluding hydrogens is 440 g/mol. The van der Waals surface area contributed by atoms with Crippen molar-refractivity contribution in [1.82, 2.24) is 9.21 Å². The van der Waals surface area contributed by atoms with E-state index in [2.05, 4.69) is 0 Å². The van der Waals surface area contributed by atoms with Gasteiger partial charge in [-0.1, -0.05) is 18.2 Å². The number of thiophene rings is 1. The Labute approximate surface area is 185 Å². The van der Waals surface area contributed by atoms with Gasteiger partial charge in [0.25, 0.3) is 5.91 Å². The maximum Gasteiger partial charge on any atom is 0.306 e. The first-order valence-electron chi connectivity index (χ1n) is 9.85. The number of carbonyl (C=O) groups is 3. The molecule has 0 bridgehead atoms. The molecule has 1 fully saturated rings. The van der Waals surface area contributed by atoms with Crippen molar-refractivity contribution in [3.63, 3.8) is 0 Å². The Morgan fingerprint density at radius 1 is 0.968 bits per heavy atom. The number of aryl methyl sites for hydroxylation is 1. The first-order valence-corrected chi connectivity index (χ1v) is 12.1. The molecule has 0 atom stereocenters. The van der Waals surface area contributed by atoms with Crippen LogP contribution in [0.5, 0.6) is 0 Å². The molecule has 1 aromatic carbocycles. The van der Waals surface area contributed by atoms with E-state index in [1.165, 1.54) is 32.7 Å². The summed E-state index contributed by atoms with van der Waals surface area (Å²) in [6.07, 6.45) is -0.0604. The molecule has 2 aromatic rings. The highest BCUT2D eigenvalue weighted by atomic mass is 32.2. The van der Waals surface area contributed by atoms with Gasteiger partial charge in [0.15, 0.2) is 12.4 Å². The fourth-order valence-electron chi connectivity index (χ4n) is 3.15. The van der Waals surface area contributed by atoms with Crippen molar-refractivity contribution >= 4 is 39.0 Å². The van der Waals surface area contributed by atoms with Crippen molar-refractivity contribution < 1.29 is 27.5 Å². The number of hydrogen-bond donors (Lipinski definition) is 0. The summed E-state index contributed by atoms with van der Waals surface area (Å²) in [5.74, 6) is -1.12. The summed E-state index contributed by atoms with van der Waals surface area (Å²) in [5.41, 5.74) is 0. The fraction of sp³-hybridized carbons (Fsp3) is 0.381. The summed E-state index contributed by atoms with van der Waals surface area (Å²) in [6, 6.07) is 11.7. The number of Topliss-reactive ketones (excluding diaryl/α,β-unsaturated/α-hetero) is 1. The van der Waals surface area contributed by atoms with Crippen LogP contribution >= 0.6 is 11.3 Å². The summed E-state index contributed by atoms with van der Waals surface area (Å²) in [5, 5.41) is 0. The Kier molecular flexibility index (Phi) is 7.58. The number of rotatable bonds is 8. The molecule has 8 nitrogen and oxygen atoms in total. The molecule has 0 N–H and O–H groups in total. The normalized spacial score (nSPS) is 14.9. The van der Waals surface area contributed by atoms with Crippen LogP contribution in [0, 0.1) is 6.92 Å². The molecule has 1 aliphatic rings. The monoisotopic (exact) mass is 464 g/mol. The molecule has 3 rings (SSSR count). The zero-order valence-corrected chi connectivity index (χ0v) is 18.8. The molecule has 1 amide bonds. The van der Waals surface area contributed by atoms with Crippen LogP contribution in [-0.2, 0) is 24.3 Å². The largest absolute Gasteiger partial charge is 0.456 e. The van der Waals surface area contributed by atoms with Gasteiger partial charge < -0.3 is 9.64 Å². The quantitative estimate of drug-likeness (QED) is 0.438. The number of ether oxygens (including phenoxy) is 1. The summed E-state index contributed by atoms with van der Waals surface area (Å²) in [6.45, 7) is 2.27. The van der Waals surface area contributed by atoms with Gasteiger partial charge in [0.2, 0.25) is 10.0 Å². The van der Waals surface area contributed by atoms with Gasteiger partial charge in [-0.25, -0.2) is 8.42 Å². The molecule has 1 saturated heterocycles. The van der Waals surface area contributed by atoms with Gasteiger partial charge >= 0.3 is 5.97 Å². The molecular formula is C21H24N2O6S2. The van der Waals surface area contributed by atoms with Crippen LogP contribution in [0.25, 0.3) is 0 Å². The maximum atomic E-state index is 12.6. The number of piperazine rings is 1. The Bertz CT molecular complexity index is 1040. The summed E-state index contributed by atoms with van der Waals surface area (Å²) < 4.78 is 31.6. The second-order valence-corrected chi connectivity index (χ2v) is 10.3. The molecule has 31 heavy (non-hydrogen) atoms. The third-order valence-corrected chi connectivity index (χ3v) is 7.85. The van der Waals surface area contributed by atoms with Gasteiger partial charge in [0.05, 0.1) is 16.2 Å². The van der Waals surface area contributed by atoms with E-state index in [1.54, 1.807) is 24.3 Å². The average Bonchev–Trinajstić information content (AvgIpc) is 3.23. The SMILES string of the molecule is Cc1ccc(C(=O)CCC(=O)OCC(=O)N2CCN(S(=O)(=O)c3ccccc3)CC2)s1. The molecule has 0 aliphatic carbocycles. The number of hydrogen-bond acceptors (Lipinski definition) is 7. The standard InChI is InChI=1S/C21H24N2O6S2/c1-16-7-9-19(30-16)18(24)8-10-21(26)29-15-20(25)22-11-13-23(14-12-22)31(27,28)17-5-3-2-4-6-17/h2-7,9H,8,10-15H2,1H3. The van der Waals surface area contributed by atoms with Crippen LogP contribution in [0.1, 0.15) is 27.4 Å². The molecule has 0 saturated carbocycles. The molecule has 10 heteroatoms. The number of esters is 1. The van der Waals surface area contributed by atoms with Crippen molar-refractivity contribution in [2.45, 2.75) is 24.7 Å². The second kappa shape index (κ2) is 10.2. The van der Waals surface area contributed by atoms with E-state index in [0.717, 1.165) is 4.88 Å². The topological polar surface area (TPSA) is 101 Å². The lowest BCUT2D eigenvalue weighted by atomic mass is 10.2. The fourth-order valence-corrected chi connectivity index (χ4v) is 5.43. The highest BCUT2D eigenvalue weighted by molar-refractivity contribution is 7.89. The van der Waals surface area contributed by atoms with Crippen LogP contribution in [0.15, 0.2) is 47.4 Å². The van der Waals surface area contributed by atoms with Crippen molar-refractivity contribution in [2.75, 3.05) is 32.8 Å². The van der Waals surface area contributed by atoms with Crippen molar-refractivity contribution in [3.05, 3.63) is 52.2 Å². The van der Waals surface area contributed by atoms with E-state index in [9.17, 15) is 22.8 Å². The Hall–Kier alpha value is -2.56. The number of amides is 1. The minimum Gasteiger partial charge on any atom is -0.456 e. The predicted molar refractivity (Wildman–Crippen MR) is 115 cm³/mol. The first kappa shape index (κ1) is 23.1. The highest BCUT2D eigenvalue weighted by Gasteiger charge is 2.30. The molecule has 2 heterocycles. The van der Waals surface area contributed by atoms with Gasteiger partial charge in [-0.3, -0.25) is 14.4 Å². The van der Waals surface area contributed by atoms with Crippen LogP contribution in [0.4, 0.5) is 0 Å². The highest BCUT2D eigenvalue weighted by Crippen LogP contribution is 2.18. The van der Waals surface area contributed by atoms with E-state index in [-0.39, 0.29) is 55.6 Å². The van der Waals surface area contributed by atoms with E-state index < -0.39 is 22.6 Å². The lowest BCUT2D eigenvalue weighted by molar-refractivity contribution is -0.152. The lowest BCUT2D eigenvalue weighted by Crippen LogP contribution is -2.51. The number of benzene rings is 1. The molecule has 0 unspecified atom stereocenters. The molecule has 1 aromatic heterocycles. The van der Waals surface area contributed by atoms with Crippen LogP contribution < -0.4 is 0 Å². The van der Waals surface area contributed by atoms with E-state index in [0.29, 0.717) is 4.88 Å². The van der Waals surface area contributed by atoms with Gasteiger partial charge in [-0.2, -0.15) is 4.31 Å². The summed E-state index contributed by atoms with van der Waals surface area (Å²) in [4.78, 5) is 39.5. The van der Waals surface area contributed by atoms with Gasteiger partial charge in [-0.15, -0.1) is 11.3 Å². The van der Waals surface area contributed by atoms with E-state index in [1.807, 2.05) is 13.0 Å². The van der Waals surface area contributed by atoms with E-state index >= 15 is 0 Å². The number of ketones is 1. The maximum absolute atomic E-state index is 12.6. The molecule has 1 aliphatic heterocycles. The van der Waals surface area contributed by atoms with E-state index in [4.69, 9.17) is 4.74 Å². The van der Waals surface area contributed by atoms with Crippen LogP contribution in [-0.4, -0.2) is 68.1 Å². The van der Waals surface area contributed by atoms with Crippen LogP contribution in [0.2, 0.25) is 0 Å². The zero-order chi connectivity index (χ0) is 22.4. The van der Waals surface area contributed by atoms with Gasteiger partial charge in [0, 0.05) is 37.5 Å². The summed E-state index contributed by atoms with van der Waals surface area (Å²) >= 11 is 1.38. The molecule has 0 spiro atoms.